The van der Waals surface area contributed by atoms with Crippen LogP contribution in [-0.2, 0) is 0 Å². The Morgan fingerprint density at radius 3 is 2.06 bits per heavy atom. The van der Waals surface area contributed by atoms with Crippen LogP contribution >= 0.6 is 0 Å². The summed E-state index contributed by atoms with van der Waals surface area (Å²) in [6.45, 7) is 14.3. The Balaban J connectivity index is 0.00000126. The van der Waals surface area contributed by atoms with Crippen molar-refractivity contribution in [1.29, 1.82) is 0 Å². The predicted octanol–water partition coefficient (Wildman–Crippen LogP) is 9.42. The van der Waals surface area contributed by atoms with Gasteiger partial charge in [-0.15, -0.1) is 0 Å². The van der Waals surface area contributed by atoms with E-state index >= 15 is 0 Å². The van der Waals surface area contributed by atoms with Crippen LogP contribution in [0.5, 0.6) is 0 Å². The zero-order valence-electron chi connectivity index (χ0n) is 23.3. The SMILES string of the molecule is CC.CC1(C)CCC(CCCC2CCC3C4CCC5CC(O)CCC5(C)C4CCC23C)CC1. The van der Waals surface area contributed by atoms with E-state index in [1.807, 2.05) is 13.8 Å². The molecule has 0 radical (unpaired) electrons. The van der Waals surface area contributed by atoms with Gasteiger partial charge in [0, 0.05) is 0 Å². The minimum atomic E-state index is -0.00502. The van der Waals surface area contributed by atoms with E-state index < -0.39 is 0 Å². The lowest BCUT2D eigenvalue weighted by atomic mass is 9.44. The van der Waals surface area contributed by atoms with Gasteiger partial charge in [-0.2, -0.15) is 0 Å². The van der Waals surface area contributed by atoms with E-state index in [2.05, 4.69) is 27.7 Å². The molecule has 5 saturated carbocycles. The predicted molar refractivity (Wildman–Crippen MR) is 142 cm³/mol. The van der Waals surface area contributed by atoms with Crippen molar-refractivity contribution in [2.45, 2.75) is 150 Å². The topological polar surface area (TPSA) is 20.2 Å². The fraction of sp³-hybridized carbons (Fsp3) is 1.00. The van der Waals surface area contributed by atoms with Gasteiger partial charge in [-0.1, -0.05) is 54.4 Å². The molecule has 0 saturated heterocycles. The summed E-state index contributed by atoms with van der Waals surface area (Å²) >= 11 is 0. The molecule has 1 N–H and O–H groups in total. The maximum Gasteiger partial charge on any atom is 0.0543 e. The molecule has 0 aromatic rings. The van der Waals surface area contributed by atoms with E-state index in [-0.39, 0.29) is 6.10 Å². The fourth-order valence-electron chi connectivity index (χ4n) is 10.2. The van der Waals surface area contributed by atoms with E-state index in [9.17, 15) is 5.11 Å². The summed E-state index contributed by atoms with van der Waals surface area (Å²) in [6.07, 6.45) is 22.9. The third-order valence-electron chi connectivity index (χ3n) is 12.5. The molecule has 1 nitrogen and oxygen atoms in total. The van der Waals surface area contributed by atoms with Crippen molar-refractivity contribution < 1.29 is 5.11 Å². The normalized spacial score (nSPS) is 47.0. The van der Waals surface area contributed by atoms with Crippen LogP contribution in [0.25, 0.3) is 0 Å². The maximum absolute atomic E-state index is 10.3. The Labute approximate surface area is 207 Å². The molecule has 5 aliphatic carbocycles. The molecule has 5 fully saturated rings. The first kappa shape index (κ1) is 26.0. The molecule has 33 heavy (non-hydrogen) atoms. The number of rotatable bonds is 4. The van der Waals surface area contributed by atoms with Gasteiger partial charge < -0.3 is 5.11 Å². The van der Waals surface area contributed by atoms with Crippen molar-refractivity contribution >= 4 is 0 Å². The monoisotopic (exact) mass is 458 g/mol. The second kappa shape index (κ2) is 10.1. The van der Waals surface area contributed by atoms with E-state index in [0.717, 1.165) is 48.3 Å². The molecule has 5 rings (SSSR count). The Bertz CT molecular complexity index is 628. The fourth-order valence-corrected chi connectivity index (χ4v) is 10.2. The van der Waals surface area contributed by atoms with Gasteiger partial charge in [-0.3, -0.25) is 0 Å². The van der Waals surface area contributed by atoms with Gasteiger partial charge in [-0.05, 0) is 142 Å². The summed E-state index contributed by atoms with van der Waals surface area (Å²) in [5.41, 5.74) is 1.80. The average Bonchev–Trinajstić information content (AvgIpc) is 3.13. The molecule has 0 spiro atoms. The molecule has 192 valence electrons. The first-order chi connectivity index (χ1) is 15.7. The summed E-state index contributed by atoms with van der Waals surface area (Å²) in [4.78, 5) is 0. The first-order valence-electron chi connectivity index (χ1n) is 15.4. The Kier molecular flexibility index (Phi) is 8.00. The molecule has 0 aromatic heterocycles. The summed E-state index contributed by atoms with van der Waals surface area (Å²) < 4.78 is 0. The van der Waals surface area contributed by atoms with Crippen molar-refractivity contribution in [2.75, 3.05) is 0 Å². The second-order valence-electron chi connectivity index (χ2n) is 14.4. The van der Waals surface area contributed by atoms with Crippen molar-refractivity contribution in [3.8, 4) is 0 Å². The minimum absolute atomic E-state index is 0.00502. The summed E-state index contributed by atoms with van der Waals surface area (Å²) in [5.74, 6) is 5.82. The van der Waals surface area contributed by atoms with Crippen molar-refractivity contribution in [3.63, 3.8) is 0 Å². The highest BCUT2D eigenvalue weighted by molar-refractivity contribution is 5.09. The Morgan fingerprint density at radius 1 is 0.667 bits per heavy atom. The quantitative estimate of drug-likeness (QED) is 0.444. The lowest BCUT2D eigenvalue weighted by Crippen LogP contribution is -2.53. The van der Waals surface area contributed by atoms with E-state index in [0.29, 0.717) is 16.2 Å². The van der Waals surface area contributed by atoms with Crippen LogP contribution in [0.3, 0.4) is 0 Å². The maximum atomic E-state index is 10.3. The third-order valence-corrected chi connectivity index (χ3v) is 12.5. The van der Waals surface area contributed by atoms with E-state index in [4.69, 9.17) is 0 Å². The van der Waals surface area contributed by atoms with Crippen LogP contribution in [0.1, 0.15) is 144 Å². The third kappa shape index (κ3) is 4.97. The van der Waals surface area contributed by atoms with Gasteiger partial charge in [0.15, 0.2) is 0 Å². The van der Waals surface area contributed by atoms with Crippen molar-refractivity contribution in [3.05, 3.63) is 0 Å². The van der Waals surface area contributed by atoms with Crippen LogP contribution in [0.15, 0.2) is 0 Å². The van der Waals surface area contributed by atoms with Crippen LogP contribution in [0, 0.1) is 51.8 Å². The molecule has 0 aromatic carbocycles. The van der Waals surface area contributed by atoms with E-state index in [1.54, 1.807) is 0 Å². The average molecular weight is 459 g/mol. The zero-order valence-corrected chi connectivity index (χ0v) is 23.3. The van der Waals surface area contributed by atoms with Gasteiger partial charge in [-0.25, -0.2) is 0 Å². The summed E-state index contributed by atoms with van der Waals surface area (Å²) in [7, 11) is 0. The molecular formula is C32H58O. The number of hydrogen-bond acceptors (Lipinski definition) is 1. The van der Waals surface area contributed by atoms with Crippen molar-refractivity contribution in [1.82, 2.24) is 0 Å². The molecule has 5 aliphatic rings. The van der Waals surface area contributed by atoms with Crippen LogP contribution < -0.4 is 0 Å². The van der Waals surface area contributed by atoms with Gasteiger partial charge >= 0.3 is 0 Å². The minimum Gasteiger partial charge on any atom is -0.393 e. The number of aliphatic hydroxyl groups excluding tert-OH is 1. The van der Waals surface area contributed by atoms with Gasteiger partial charge in [0.25, 0.3) is 0 Å². The highest BCUT2D eigenvalue weighted by Crippen LogP contribution is 2.68. The first-order valence-corrected chi connectivity index (χ1v) is 15.4. The number of aliphatic hydroxyl groups is 1. The lowest BCUT2D eigenvalue weighted by molar-refractivity contribution is -0.127. The van der Waals surface area contributed by atoms with Gasteiger partial charge in [0.05, 0.1) is 6.10 Å². The molecule has 0 heterocycles. The van der Waals surface area contributed by atoms with Crippen LogP contribution in [-0.4, -0.2) is 11.2 Å². The number of fused-ring (bicyclic) bond motifs is 5. The highest BCUT2D eigenvalue weighted by atomic mass is 16.3. The molecular weight excluding hydrogens is 400 g/mol. The molecule has 1 heteroatoms. The number of hydrogen-bond donors (Lipinski definition) is 1. The molecule has 8 unspecified atom stereocenters. The van der Waals surface area contributed by atoms with Gasteiger partial charge in [0.1, 0.15) is 0 Å². The highest BCUT2D eigenvalue weighted by Gasteiger charge is 2.59. The summed E-state index contributed by atoms with van der Waals surface area (Å²) in [5, 5.41) is 10.3. The van der Waals surface area contributed by atoms with Crippen LogP contribution in [0.2, 0.25) is 0 Å². The summed E-state index contributed by atoms with van der Waals surface area (Å²) in [6, 6.07) is 0. The zero-order chi connectivity index (χ0) is 23.9. The molecule has 0 aliphatic heterocycles. The molecule has 8 atom stereocenters. The molecule has 0 amide bonds. The smallest absolute Gasteiger partial charge is 0.0543 e. The van der Waals surface area contributed by atoms with E-state index in [1.165, 1.54) is 89.9 Å². The lowest BCUT2D eigenvalue weighted by Gasteiger charge is -2.61. The largest absolute Gasteiger partial charge is 0.393 e. The molecule has 0 bridgehead atoms. The standard InChI is InChI=1S/C30H52O.C2H6/c1-28(2)16-12-21(13-17-28)6-5-7-22-9-11-26-25-10-8-23-20-24(31)14-18-30(23,4)27(25)15-19-29(22,26)3;1-2/h21-27,31H,5-20H2,1-4H3;1-2H3. The van der Waals surface area contributed by atoms with Gasteiger partial charge in [0.2, 0.25) is 0 Å². The Hall–Kier alpha value is -0.0400. The van der Waals surface area contributed by atoms with Crippen LogP contribution in [0.4, 0.5) is 0 Å². The second-order valence-corrected chi connectivity index (χ2v) is 14.4. The Morgan fingerprint density at radius 2 is 1.33 bits per heavy atom. The van der Waals surface area contributed by atoms with Crippen molar-refractivity contribution in [2.24, 2.45) is 51.8 Å².